The molecule has 2 heterocycles. The van der Waals surface area contributed by atoms with Crippen LogP contribution >= 0.6 is 0 Å². The van der Waals surface area contributed by atoms with Crippen molar-refractivity contribution < 1.29 is 42.5 Å². The molecular weight excluding hydrogens is 640 g/mol. The molecule has 0 bridgehead atoms. The van der Waals surface area contributed by atoms with Crippen LogP contribution in [0.2, 0.25) is 0 Å². The number of amides is 1. The molecule has 6 rings (SSSR count). The molecule has 2 unspecified atom stereocenters. The molecular formula is C36H35F2N3O8. The van der Waals surface area contributed by atoms with E-state index in [2.05, 4.69) is 0 Å². The third-order valence-electron chi connectivity index (χ3n) is 9.07. The van der Waals surface area contributed by atoms with E-state index >= 15 is 4.39 Å². The number of carbonyl (C=O) groups excluding carboxylic acids is 2. The Morgan fingerprint density at radius 3 is 2.37 bits per heavy atom. The molecule has 1 aliphatic carbocycles. The molecule has 49 heavy (non-hydrogen) atoms. The Balaban J connectivity index is 1.10. The summed E-state index contributed by atoms with van der Waals surface area (Å²) in [5.74, 6) is -4.04. The number of anilines is 1. The maximum absolute atomic E-state index is 15.8. The van der Waals surface area contributed by atoms with Gasteiger partial charge in [0.05, 0.1) is 23.9 Å². The van der Waals surface area contributed by atoms with Crippen LogP contribution in [0.4, 0.5) is 19.3 Å². The highest BCUT2D eigenvalue weighted by Crippen LogP contribution is 2.44. The first-order valence-electron chi connectivity index (χ1n) is 15.9. The van der Waals surface area contributed by atoms with Gasteiger partial charge in [-0.3, -0.25) is 9.59 Å². The number of halogens is 2. The monoisotopic (exact) mass is 675 g/mol. The lowest BCUT2D eigenvalue weighted by molar-refractivity contribution is -0.154. The van der Waals surface area contributed by atoms with Gasteiger partial charge in [-0.2, -0.15) is 0 Å². The van der Waals surface area contributed by atoms with Crippen LogP contribution in [0.3, 0.4) is 0 Å². The Morgan fingerprint density at radius 2 is 1.73 bits per heavy atom. The topological polar surface area (TPSA) is 128 Å². The number of rotatable bonds is 9. The van der Waals surface area contributed by atoms with Crippen LogP contribution in [-0.4, -0.2) is 72.2 Å². The van der Waals surface area contributed by atoms with E-state index in [1.165, 1.54) is 24.3 Å². The lowest BCUT2D eigenvalue weighted by Crippen LogP contribution is -2.54. The Kier molecular flexibility index (Phi) is 9.26. The molecule has 0 spiro atoms. The van der Waals surface area contributed by atoms with Crippen molar-refractivity contribution in [3.8, 4) is 16.9 Å². The van der Waals surface area contributed by atoms with Crippen LogP contribution in [0, 0.1) is 11.6 Å². The van der Waals surface area contributed by atoms with E-state index in [0.717, 1.165) is 18.9 Å². The average Bonchev–Trinajstić information content (AvgIpc) is 3.93. The quantitative estimate of drug-likeness (QED) is 0.169. The average molecular weight is 676 g/mol. The fourth-order valence-corrected chi connectivity index (χ4v) is 6.29. The second-order valence-corrected chi connectivity index (χ2v) is 12.3. The fourth-order valence-electron chi connectivity index (χ4n) is 6.29. The van der Waals surface area contributed by atoms with Gasteiger partial charge in [0, 0.05) is 43.5 Å². The largest absolute Gasteiger partial charge is 0.492 e. The van der Waals surface area contributed by atoms with Gasteiger partial charge in [0.2, 0.25) is 12.2 Å². The number of carbonyl (C=O) groups is 3. The number of aromatic nitrogens is 1. The highest BCUT2D eigenvalue weighted by Gasteiger charge is 2.35. The number of hydrogen-bond donors (Lipinski definition) is 1. The number of nitrogens with zero attached hydrogens (tertiary/aromatic N) is 3. The summed E-state index contributed by atoms with van der Waals surface area (Å²) in [5.41, 5.74) is 0.697. The smallest absolute Gasteiger partial charge is 0.413 e. The van der Waals surface area contributed by atoms with E-state index in [9.17, 15) is 28.7 Å². The van der Waals surface area contributed by atoms with Crippen molar-refractivity contribution >= 4 is 34.6 Å². The SMILES string of the molecule is COc1c(N2CCN(C(=O)OCOC(=O)C(C)c3ccc(-c4ccccc4)c(F)c3)C(C)C2)c(F)cc2c(=O)c(C(=O)O)cn(C3CC3)c12. The van der Waals surface area contributed by atoms with Crippen LogP contribution in [0.5, 0.6) is 5.75 Å². The van der Waals surface area contributed by atoms with E-state index < -0.39 is 59.4 Å². The Bertz CT molecular complexity index is 2000. The fraction of sp³-hybridized carbons (Fsp3) is 0.333. The standard InChI is InChI=1S/C36H35F2N3O8/c1-20-17-39(31-29(38)16-26-30(33(31)47-3)41(24-10-11-24)18-27(32(26)42)34(43)44)13-14-40(20)36(46)49-19-48-35(45)21(2)23-9-12-25(28(37)15-23)22-7-5-4-6-8-22/h4-9,12,15-16,18,20-21,24H,10-11,13-14,17,19H2,1-3H3,(H,43,44). The summed E-state index contributed by atoms with van der Waals surface area (Å²) < 4.78 is 48.4. The molecule has 0 radical (unpaired) electrons. The summed E-state index contributed by atoms with van der Waals surface area (Å²) in [6.07, 6.45) is 2.11. The van der Waals surface area contributed by atoms with Crippen molar-refractivity contribution in [1.82, 2.24) is 9.47 Å². The molecule has 1 aliphatic heterocycles. The van der Waals surface area contributed by atoms with Gasteiger partial charge in [0.1, 0.15) is 17.1 Å². The maximum Gasteiger partial charge on any atom is 0.413 e. The van der Waals surface area contributed by atoms with Crippen LogP contribution in [0.1, 0.15) is 54.6 Å². The van der Waals surface area contributed by atoms with Gasteiger partial charge in [0.15, 0.2) is 11.6 Å². The van der Waals surface area contributed by atoms with E-state index in [4.69, 9.17) is 14.2 Å². The van der Waals surface area contributed by atoms with Crippen molar-refractivity contribution in [3.63, 3.8) is 0 Å². The molecule has 2 fully saturated rings. The minimum absolute atomic E-state index is 0.0441. The van der Waals surface area contributed by atoms with E-state index in [-0.39, 0.29) is 42.5 Å². The number of ether oxygens (including phenoxy) is 3. The number of hydrogen-bond acceptors (Lipinski definition) is 8. The Hall–Kier alpha value is -5.46. The number of aromatic carboxylic acids is 1. The minimum atomic E-state index is -1.39. The summed E-state index contributed by atoms with van der Waals surface area (Å²) >= 11 is 0. The number of esters is 1. The summed E-state index contributed by atoms with van der Waals surface area (Å²) in [5, 5.41) is 9.50. The predicted octanol–water partition coefficient (Wildman–Crippen LogP) is 5.94. The lowest BCUT2D eigenvalue weighted by Gasteiger charge is -2.40. The van der Waals surface area contributed by atoms with Crippen LogP contribution in [-0.2, 0) is 14.3 Å². The van der Waals surface area contributed by atoms with Crippen molar-refractivity contribution in [1.29, 1.82) is 0 Å². The van der Waals surface area contributed by atoms with Gasteiger partial charge in [-0.1, -0.05) is 42.5 Å². The summed E-state index contributed by atoms with van der Waals surface area (Å²) in [6.45, 7) is 3.16. The molecule has 2 atom stereocenters. The van der Waals surface area contributed by atoms with Gasteiger partial charge in [-0.15, -0.1) is 0 Å². The molecule has 13 heteroatoms. The Labute approximate surface area is 280 Å². The highest BCUT2D eigenvalue weighted by molar-refractivity contribution is 5.97. The number of carboxylic acid groups (broad SMARTS) is 1. The molecule has 1 N–H and O–H groups in total. The first-order chi connectivity index (χ1) is 23.5. The van der Waals surface area contributed by atoms with E-state index in [1.54, 1.807) is 47.6 Å². The summed E-state index contributed by atoms with van der Waals surface area (Å²) in [6, 6.07) is 14.1. The molecule has 1 saturated carbocycles. The number of methoxy groups -OCH3 is 1. The molecule has 4 aromatic rings. The maximum atomic E-state index is 15.8. The van der Waals surface area contributed by atoms with Crippen molar-refractivity contribution in [2.45, 2.75) is 44.7 Å². The normalized spacial score (nSPS) is 16.7. The predicted molar refractivity (Wildman–Crippen MR) is 176 cm³/mol. The number of carboxylic acids is 1. The van der Waals surface area contributed by atoms with Gasteiger partial charge in [-0.25, -0.2) is 18.4 Å². The van der Waals surface area contributed by atoms with Gasteiger partial charge in [-0.05, 0) is 49.9 Å². The zero-order valence-electron chi connectivity index (χ0n) is 27.2. The molecule has 3 aromatic carbocycles. The Morgan fingerprint density at radius 1 is 1.00 bits per heavy atom. The van der Waals surface area contributed by atoms with Crippen LogP contribution in [0.25, 0.3) is 22.0 Å². The van der Waals surface area contributed by atoms with E-state index in [1.807, 2.05) is 18.2 Å². The second kappa shape index (κ2) is 13.6. The zero-order chi connectivity index (χ0) is 35.0. The third-order valence-corrected chi connectivity index (χ3v) is 9.07. The zero-order valence-corrected chi connectivity index (χ0v) is 27.2. The summed E-state index contributed by atoms with van der Waals surface area (Å²) in [4.78, 5) is 53.6. The first-order valence-corrected chi connectivity index (χ1v) is 15.9. The molecule has 1 saturated heterocycles. The molecule has 256 valence electrons. The molecule has 1 amide bonds. The van der Waals surface area contributed by atoms with Crippen LogP contribution < -0.4 is 15.1 Å². The molecule has 11 nitrogen and oxygen atoms in total. The molecule has 1 aromatic heterocycles. The van der Waals surface area contributed by atoms with Crippen molar-refractivity contribution in [3.05, 3.63) is 93.8 Å². The van der Waals surface area contributed by atoms with Gasteiger partial charge < -0.3 is 33.7 Å². The number of piperazine rings is 1. The number of fused-ring (bicyclic) bond motifs is 1. The number of pyridine rings is 1. The van der Waals surface area contributed by atoms with Crippen LogP contribution in [0.15, 0.2) is 65.6 Å². The minimum Gasteiger partial charge on any atom is -0.492 e. The highest BCUT2D eigenvalue weighted by atomic mass is 19.1. The molecule has 2 aliphatic rings. The van der Waals surface area contributed by atoms with Crippen molar-refractivity contribution in [2.24, 2.45) is 0 Å². The first kappa shape index (κ1) is 33.4. The van der Waals surface area contributed by atoms with Gasteiger partial charge >= 0.3 is 18.0 Å². The second-order valence-electron chi connectivity index (χ2n) is 12.3. The number of benzene rings is 3. The lowest BCUT2D eigenvalue weighted by atomic mass is 9.97. The van der Waals surface area contributed by atoms with E-state index in [0.29, 0.717) is 22.2 Å². The summed E-state index contributed by atoms with van der Waals surface area (Å²) in [7, 11) is 1.36. The third kappa shape index (κ3) is 6.52. The van der Waals surface area contributed by atoms with Crippen molar-refractivity contribution in [2.75, 3.05) is 38.4 Å². The van der Waals surface area contributed by atoms with Gasteiger partial charge in [0.25, 0.3) is 0 Å².